The molecule has 1 N–H and O–H groups in total. The van der Waals surface area contributed by atoms with Gasteiger partial charge in [-0.3, -0.25) is 4.98 Å². The Hall–Kier alpha value is -1.84. The van der Waals surface area contributed by atoms with Gasteiger partial charge in [0, 0.05) is 25.5 Å². The number of aromatic carboxylic acids is 1. The maximum Gasteiger partial charge on any atom is 0.339 e. The summed E-state index contributed by atoms with van der Waals surface area (Å²) in [6.07, 6.45) is 2.97. The summed E-state index contributed by atoms with van der Waals surface area (Å²) in [7, 11) is 0. The van der Waals surface area contributed by atoms with E-state index in [1.165, 1.54) is 6.20 Å². The summed E-state index contributed by atoms with van der Waals surface area (Å²) in [6.45, 7) is 5.29. The highest BCUT2D eigenvalue weighted by atomic mass is 16.4. The number of nitrogens with zero attached hydrogens (tertiary/aromatic N) is 2. The van der Waals surface area contributed by atoms with Gasteiger partial charge in [0.25, 0.3) is 0 Å². The van der Waals surface area contributed by atoms with E-state index in [4.69, 9.17) is 5.11 Å². The second kappa shape index (κ2) is 3.14. The second-order valence-corrected chi connectivity index (χ2v) is 3.30. The van der Waals surface area contributed by atoms with Gasteiger partial charge >= 0.3 is 5.97 Å². The summed E-state index contributed by atoms with van der Waals surface area (Å²) in [5, 5.41) is 8.91. The van der Waals surface area contributed by atoms with Crippen LogP contribution in [-0.2, 0) is 0 Å². The molecular weight excluding hydrogens is 180 g/mol. The molecule has 2 heterocycles. The Kier molecular flexibility index (Phi) is 1.96. The lowest BCUT2D eigenvalue weighted by Gasteiger charge is -2.36. The fourth-order valence-electron chi connectivity index (χ4n) is 1.49. The molecule has 1 aliphatic rings. The summed E-state index contributed by atoms with van der Waals surface area (Å²) in [4.78, 5) is 16.6. The van der Waals surface area contributed by atoms with Crippen molar-refractivity contribution in [2.75, 3.05) is 18.0 Å². The SMILES string of the molecule is C=C1CN(c2ccncc2C(=O)O)C1. The molecule has 72 valence electrons. The van der Waals surface area contributed by atoms with Crippen molar-refractivity contribution in [2.24, 2.45) is 0 Å². The summed E-state index contributed by atoms with van der Waals surface area (Å²) in [6, 6.07) is 1.72. The van der Waals surface area contributed by atoms with Crippen molar-refractivity contribution in [3.63, 3.8) is 0 Å². The Labute approximate surface area is 81.5 Å². The Morgan fingerprint density at radius 3 is 2.86 bits per heavy atom. The lowest BCUT2D eigenvalue weighted by atomic mass is 10.1. The van der Waals surface area contributed by atoms with Crippen LogP contribution in [0.5, 0.6) is 0 Å². The van der Waals surface area contributed by atoms with Crippen LogP contribution in [0.3, 0.4) is 0 Å². The molecule has 4 heteroatoms. The number of anilines is 1. The number of hydrogen-bond donors (Lipinski definition) is 1. The molecule has 14 heavy (non-hydrogen) atoms. The highest BCUT2D eigenvalue weighted by Crippen LogP contribution is 2.25. The van der Waals surface area contributed by atoms with E-state index >= 15 is 0 Å². The first-order chi connectivity index (χ1) is 6.68. The smallest absolute Gasteiger partial charge is 0.339 e. The Morgan fingerprint density at radius 1 is 1.57 bits per heavy atom. The normalized spacial score (nSPS) is 15.1. The molecule has 2 rings (SSSR count). The number of carboxylic acid groups (broad SMARTS) is 1. The van der Waals surface area contributed by atoms with Crippen molar-refractivity contribution >= 4 is 11.7 Å². The van der Waals surface area contributed by atoms with Crippen LogP contribution in [0.4, 0.5) is 5.69 Å². The molecule has 0 unspecified atom stereocenters. The summed E-state index contributed by atoms with van der Waals surface area (Å²) in [5.74, 6) is -0.939. The van der Waals surface area contributed by atoms with Crippen molar-refractivity contribution in [1.29, 1.82) is 0 Å². The zero-order valence-corrected chi connectivity index (χ0v) is 7.60. The number of carboxylic acids is 1. The van der Waals surface area contributed by atoms with Crippen LogP contribution in [0.2, 0.25) is 0 Å². The van der Waals surface area contributed by atoms with Crippen LogP contribution in [0.25, 0.3) is 0 Å². The summed E-state index contributed by atoms with van der Waals surface area (Å²) in [5.41, 5.74) is 2.10. The molecule has 0 saturated carbocycles. The third-order valence-corrected chi connectivity index (χ3v) is 2.20. The van der Waals surface area contributed by atoms with Crippen molar-refractivity contribution in [2.45, 2.75) is 0 Å². The molecule has 1 aromatic heterocycles. The number of aromatic nitrogens is 1. The molecule has 0 spiro atoms. The monoisotopic (exact) mass is 190 g/mol. The maximum atomic E-state index is 10.9. The number of rotatable bonds is 2. The third-order valence-electron chi connectivity index (χ3n) is 2.20. The van der Waals surface area contributed by atoms with Crippen LogP contribution in [-0.4, -0.2) is 29.1 Å². The largest absolute Gasteiger partial charge is 0.478 e. The fourth-order valence-corrected chi connectivity index (χ4v) is 1.49. The molecule has 0 aliphatic carbocycles. The van der Waals surface area contributed by atoms with Crippen molar-refractivity contribution < 1.29 is 9.90 Å². The Morgan fingerprint density at radius 2 is 2.29 bits per heavy atom. The van der Waals surface area contributed by atoms with Crippen LogP contribution in [0.15, 0.2) is 30.6 Å². The van der Waals surface area contributed by atoms with Crippen LogP contribution in [0.1, 0.15) is 10.4 Å². The molecule has 0 aromatic carbocycles. The van der Waals surface area contributed by atoms with Crippen LogP contribution in [0, 0.1) is 0 Å². The molecular formula is C10H10N2O2. The van der Waals surface area contributed by atoms with Gasteiger partial charge in [0.2, 0.25) is 0 Å². The molecule has 0 bridgehead atoms. The average molecular weight is 190 g/mol. The van der Waals surface area contributed by atoms with E-state index in [0.29, 0.717) is 0 Å². The van der Waals surface area contributed by atoms with E-state index in [1.54, 1.807) is 12.3 Å². The van der Waals surface area contributed by atoms with Gasteiger partial charge in [-0.1, -0.05) is 6.58 Å². The Balaban J connectivity index is 2.32. The van der Waals surface area contributed by atoms with Gasteiger partial charge < -0.3 is 10.0 Å². The van der Waals surface area contributed by atoms with Crippen molar-refractivity contribution in [3.8, 4) is 0 Å². The van der Waals surface area contributed by atoms with Gasteiger partial charge in [0.15, 0.2) is 0 Å². The van der Waals surface area contributed by atoms with Gasteiger partial charge in [0.1, 0.15) is 5.56 Å². The molecule has 1 aromatic rings. The van der Waals surface area contributed by atoms with E-state index in [-0.39, 0.29) is 5.56 Å². The lowest BCUT2D eigenvalue weighted by molar-refractivity contribution is 0.0697. The predicted molar refractivity (Wildman–Crippen MR) is 52.5 cm³/mol. The van der Waals surface area contributed by atoms with Gasteiger partial charge in [0.05, 0.1) is 5.69 Å². The van der Waals surface area contributed by atoms with Gasteiger partial charge in [-0.2, -0.15) is 0 Å². The summed E-state index contributed by atoms with van der Waals surface area (Å²) >= 11 is 0. The fraction of sp³-hybridized carbons (Fsp3) is 0.200. The summed E-state index contributed by atoms with van der Waals surface area (Å²) < 4.78 is 0. The first-order valence-corrected chi connectivity index (χ1v) is 4.27. The topological polar surface area (TPSA) is 53.4 Å². The molecule has 1 saturated heterocycles. The highest BCUT2D eigenvalue weighted by molar-refractivity contribution is 5.94. The lowest BCUT2D eigenvalue weighted by Crippen LogP contribution is -2.40. The van der Waals surface area contributed by atoms with Crippen LogP contribution < -0.4 is 4.90 Å². The molecule has 0 amide bonds. The van der Waals surface area contributed by atoms with Crippen molar-refractivity contribution in [1.82, 2.24) is 4.98 Å². The van der Waals surface area contributed by atoms with Gasteiger partial charge in [-0.25, -0.2) is 4.79 Å². The molecule has 4 nitrogen and oxygen atoms in total. The minimum absolute atomic E-state index is 0.250. The third kappa shape index (κ3) is 1.35. The zero-order valence-electron chi connectivity index (χ0n) is 7.60. The van der Waals surface area contributed by atoms with E-state index in [2.05, 4.69) is 11.6 Å². The average Bonchev–Trinajstić information content (AvgIpc) is 2.13. The minimum atomic E-state index is -0.939. The quantitative estimate of drug-likeness (QED) is 0.711. The van der Waals surface area contributed by atoms with E-state index in [9.17, 15) is 4.79 Å². The predicted octanol–water partition coefficient (Wildman–Crippen LogP) is 1.16. The molecule has 1 fully saturated rings. The van der Waals surface area contributed by atoms with Gasteiger partial charge in [-0.05, 0) is 11.6 Å². The maximum absolute atomic E-state index is 10.9. The minimum Gasteiger partial charge on any atom is -0.478 e. The van der Waals surface area contributed by atoms with E-state index in [0.717, 1.165) is 24.4 Å². The zero-order chi connectivity index (χ0) is 10.1. The number of carbonyl (C=O) groups is 1. The highest BCUT2D eigenvalue weighted by Gasteiger charge is 2.22. The second-order valence-electron chi connectivity index (χ2n) is 3.30. The molecule has 0 radical (unpaired) electrons. The molecule has 1 aliphatic heterocycles. The number of hydrogen-bond acceptors (Lipinski definition) is 3. The van der Waals surface area contributed by atoms with E-state index < -0.39 is 5.97 Å². The first kappa shape index (κ1) is 8.74. The molecule has 0 atom stereocenters. The van der Waals surface area contributed by atoms with Gasteiger partial charge in [-0.15, -0.1) is 0 Å². The van der Waals surface area contributed by atoms with E-state index in [1.807, 2.05) is 4.90 Å². The first-order valence-electron chi connectivity index (χ1n) is 4.27. The Bertz CT molecular complexity index is 393. The number of pyridine rings is 1. The van der Waals surface area contributed by atoms with Crippen LogP contribution >= 0.6 is 0 Å². The standard InChI is InChI=1S/C10H10N2O2/c1-7-5-12(6-7)9-2-3-11-4-8(9)10(13)14/h2-4H,1,5-6H2,(H,13,14). The van der Waals surface area contributed by atoms with Crippen molar-refractivity contribution in [3.05, 3.63) is 36.2 Å².